The molecule has 2 aromatic rings. The van der Waals surface area contributed by atoms with Crippen LogP contribution in [-0.2, 0) is 4.74 Å². The second-order valence-corrected chi connectivity index (χ2v) is 4.85. The average Bonchev–Trinajstić information content (AvgIpc) is 3.12. The lowest BCUT2D eigenvalue weighted by atomic mass is 10.2. The number of imidazole rings is 1. The number of carbonyl (C=O) groups excluding carboxylic acids is 1. The standard InChI is InChI=1S/C10H11N5O2S/c16-8(7-11-3-4-12-7)13-10-15-14-9(18-10)6-2-1-5-17-6/h3-4,6H,1-2,5H2,(H,11,12)(H,13,15,16). The molecule has 18 heavy (non-hydrogen) atoms. The van der Waals surface area contributed by atoms with Crippen LogP contribution in [0.25, 0.3) is 0 Å². The van der Waals surface area contributed by atoms with Gasteiger partial charge in [0.05, 0.1) is 0 Å². The average molecular weight is 265 g/mol. The van der Waals surface area contributed by atoms with Crippen LogP contribution in [0.3, 0.4) is 0 Å². The normalized spacial score (nSPS) is 19.0. The highest BCUT2D eigenvalue weighted by atomic mass is 32.1. The molecule has 1 amide bonds. The van der Waals surface area contributed by atoms with Crippen LogP contribution in [0.5, 0.6) is 0 Å². The van der Waals surface area contributed by atoms with Gasteiger partial charge < -0.3 is 9.72 Å². The third-order valence-corrected chi connectivity index (χ3v) is 3.51. The van der Waals surface area contributed by atoms with Crippen molar-refractivity contribution in [1.29, 1.82) is 0 Å². The summed E-state index contributed by atoms with van der Waals surface area (Å²) in [6, 6.07) is 0. The lowest BCUT2D eigenvalue weighted by molar-refractivity contribution is 0.101. The van der Waals surface area contributed by atoms with Crippen LogP contribution < -0.4 is 5.32 Å². The van der Waals surface area contributed by atoms with Crippen LogP contribution >= 0.6 is 11.3 Å². The minimum absolute atomic E-state index is 0.0248. The predicted molar refractivity (Wildman–Crippen MR) is 64.4 cm³/mol. The summed E-state index contributed by atoms with van der Waals surface area (Å²) in [4.78, 5) is 18.3. The van der Waals surface area contributed by atoms with Crippen molar-refractivity contribution in [2.75, 3.05) is 11.9 Å². The highest BCUT2D eigenvalue weighted by Crippen LogP contribution is 2.31. The number of H-pyrrole nitrogens is 1. The number of aromatic nitrogens is 4. The molecule has 0 aromatic carbocycles. The topological polar surface area (TPSA) is 92.8 Å². The summed E-state index contributed by atoms with van der Waals surface area (Å²) in [5.74, 6) is -0.0705. The molecule has 2 aromatic heterocycles. The van der Waals surface area contributed by atoms with E-state index < -0.39 is 0 Å². The number of ether oxygens (including phenoxy) is 1. The van der Waals surface area contributed by atoms with Gasteiger partial charge in [-0.2, -0.15) is 0 Å². The fourth-order valence-electron chi connectivity index (χ4n) is 1.73. The Kier molecular flexibility index (Phi) is 3.03. The summed E-state index contributed by atoms with van der Waals surface area (Å²) >= 11 is 1.33. The lowest BCUT2D eigenvalue weighted by Gasteiger charge is -2.02. The Balaban J connectivity index is 1.68. The zero-order chi connectivity index (χ0) is 12.4. The molecular weight excluding hydrogens is 254 g/mol. The Morgan fingerprint density at radius 3 is 3.22 bits per heavy atom. The van der Waals surface area contributed by atoms with Gasteiger partial charge in [0, 0.05) is 19.0 Å². The Labute approximate surface area is 107 Å². The summed E-state index contributed by atoms with van der Waals surface area (Å²) in [7, 11) is 0. The van der Waals surface area contributed by atoms with Gasteiger partial charge in [0.25, 0.3) is 5.91 Å². The van der Waals surface area contributed by atoms with E-state index in [9.17, 15) is 4.79 Å². The first-order valence-corrected chi connectivity index (χ1v) is 6.40. The monoisotopic (exact) mass is 265 g/mol. The lowest BCUT2D eigenvalue weighted by Crippen LogP contribution is -2.13. The van der Waals surface area contributed by atoms with E-state index in [0.717, 1.165) is 24.5 Å². The number of carbonyl (C=O) groups is 1. The molecule has 1 aliphatic rings. The van der Waals surface area contributed by atoms with E-state index >= 15 is 0 Å². The zero-order valence-electron chi connectivity index (χ0n) is 9.42. The van der Waals surface area contributed by atoms with E-state index in [4.69, 9.17) is 4.74 Å². The maximum absolute atomic E-state index is 11.7. The van der Waals surface area contributed by atoms with Gasteiger partial charge in [-0.25, -0.2) is 4.98 Å². The first-order chi connectivity index (χ1) is 8.83. The number of anilines is 1. The van der Waals surface area contributed by atoms with Crippen LogP contribution in [0.2, 0.25) is 0 Å². The molecule has 2 N–H and O–H groups in total. The second kappa shape index (κ2) is 4.83. The van der Waals surface area contributed by atoms with Crippen molar-refractivity contribution in [3.8, 4) is 0 Å². The van der Waals surface area contributed by atoms with Crippen molar-refractivity contribution in [2.24, 2.45) is 0 Å². The second-order valence-electron chi connectivity index (χ2n) is 3.84. The van der Waals surface area contributed by atoms with E-state index in [1.165, 1.54) is 17.5 Å². The van der Waals surface area contributed by atoms with Gasteiger partial charge in [0.15, 0.2) is 5.82 Å². The largest absolute Gasteiger partial charge is 0.371 e. The number of amides is 1. The van der Waals surface area contributed by atoms with E-state index in [1.807, 2.05) is 0 Å². The number of hydrogen-bond donors (Lipinski definition) is 2. The summed E-state index contributed by atoms with van der Waals surface area (Å²) < 4.78 is 5.51. The molecule has 0 aliphatic carbocycles. The Morgan fingerprint density at radius 1 is 1.56 bits per heavy atom. The van der Waals surface area contributed by atoms with Gasteiger partial charge >= 0.3 is 0 Å². The van der Waals surface area contributed by atoms with Gasteiger partial charge in [-0.1, -0.05) is 11.3 Å². The number of aromatic amines is 1. The summed E-state index contributed by atoms with van der Waals surface area (Å²) in [6.45, 7) is 0.762. The summed E-state index contributed by atoms with van der Waals surface area (Å²) in [5, 5.41) is 11.9. The minimum atomic E-state index is -0.324. The number of nitrogens with zero attached hydrogens (tertiary/aromatic N) is 3. The van der Waals surface area contributed by atoms with Crippen molar-refractivity contribution >= 4 is 22.4 Å². The van der Waals surface area contributed by atoms with Crippen molar-refractivity contribution in [2.45, 2.75) is 18.9 Å². The van der Waals surface area contributed by atoms with E-state index in [0.29, 0.717) is 5.13 Å². The smallest absolute Gasteiger partial charge is 0.293 e. The quantitative estimate of drug-likeness (QED) is 0.874. The van der Waals surface area contributed by atoms with Crippen LogP contribution in [0.15, 0.2) is 12.4 Å². The van der Waals surface area contributed by atoms with Crippen molar-refractivity contribution < 1.29 is 9.53 Å². The van der Waals surface area contributed by atoms with Gasteiger partial charge in [-0.05, 0) is 12.8 Å². The Morgan fingerprint density at radius 2 is 2.50 bits per heavy atom. The first kappa shape index (κ1) is 11.3. The molecule has 1 fully saturated rings. The molecule has 1 saturated heterocycles. The fourth-order valence-corrected chi connectivity index (χ4v) is 2.56. The Hall–Kier alpha value is -1.80. The predicted octanol–water partition coefficient (Wildman–Crippen LogP) is 1.36. The van der Waals surface area contributed by atoms with Gasteiger partial charge in [-0.3, -0.25) is 10.1 Å². The molecule has 0 bridgehead atoms. The maximum atomic E-state index is 11.7. The molecule has 3 heterocycles. The van der Waals surface area contributed by atoms with Crippen LogP contribution in [0.4, 0.5) is 5.13 Å². The molecule has 94 valence electrons. The molecule has 1 unspecified atom stereocenters. The van der Waals surface area contributed by atoms with Crippen LogP contribution in [-0.4, -0.2) is 32.7 Å². The molecule has 1 atom stereocenters. The van der Waals surface area contributed by atoms with E-state index in [1.54, 1.807) is 6.20 Å². The molecule has 0 saturated carbocycles. The molecule has 7 nitrogen and oxygen atoms in total. The van der Waals surface area contributed by atoms with Crippen molar-refractivity contribution in [1.82, 2.24) is 20.2 Å². The van der Waals surface area contributed by atoms with E-state index in [-0.39, 0.29) is 17.8 Å². The Bertz CT molecular complexity index is 532. The minimum Gasteiger partial charge on any atom is -0.371 e. The molecule has 0 radical (unpaired) electrons. The van der Waals surface area contributed by atoms with Gasteiger partial charge in [-0.15, -0.1) is 10.2 Å². The molecule has 1 aliphatic heterocycles. The number of nitrogens with one attached hydrogen (secondary N) is 2. The molecular formula is C10H11N5O2S. The molecule has 3 rings (SSSR count). The molecule has 8 heteroatoms. The van der Waals surface area contributed by atoms with Crippen molar-refractivity contribution in [3.05, 3.63) is 23.2 Å². The van der Waals surface area contributed by atoms with Gasteiger partial charge in [0.2, 0.25) is 5.13 Å². The molecule has 0 spiro atoms. The van der Waals surface area contributed by atoms with Crippen molar-refractivity contribution in [3.63, 3.8) is 0 Å². The number of hydrogen-bond acceptors (Lipinski definition) is 6. The zero-order valence-corrected chi connectivity index (χ0v) is 10.2. The summed E-state index contributed by atoms with van der Waals surface area (Å²) in [5.41, 5.74) is 0. The first-order valence-electron chi connectivity index (χ1n) is 5.58. The van der Waals surface area contributed by atoms with Gasteiger partial charge in [0.1, 0.15) is 11.1 Å². The van der Waals surface area contributed by atoms with E-state index in [2.05, 4.69) is 25.5 Å². The SMILES string of the molecule is O=C(Nc1nnc(C2CCCO2)s1)c1ncc[nH]1. The number of rotatable bonds is 3. The third kappa shape index (κ3) is 2.24. The highest BCUT2D eigenvalue weighted by Gasteiger charge is 2.22. The highest BCUT2D eigenvalue weighted by molar-refractivity contribution is 7.15. The third-order valence-electron chi connectivity index (χ3n) is 2.58. The summed E-state index contributed by atoms with van der Waals surface area (Å²) in [6.07, 6.45) is 5.13. The van der Waals surface area contributed by atoms with Crippen LogP contribution in [0, 0.1) is 0 Å². The van der Waals surface area contributed by atoms with Crippen LogP contribution in [0.1, 0.15) is 34.6 Å². The fraction of sp³-hybridized carbons (Fsp3) is 0.400. The maximum Gasteiger partial charge on any atom is 0.293 e.